The first-order chi connectivity index (χ1) is 7.22. The van der Waals surface area contributed by atoms with E-state index in [0.717, 1.165) is 25.2 Å². The van der Waals surface area contributed by atoms with Crippen LogP contribution in [-0.4, -0.2) is 6.61 Å². The summed E-state index contributed by atoms with van der Waals surface area (Å²) in [4.78, 5) is 0. The van der Waals surface area contributed by atoms with E-state index in [-0.39, 0.29) is 0 Å². The van der Waals surface area contributed by atoms with E-state index >= 15 is 0 Å². The summed E-state index contributed by atoms with van der Waals surface area (Å²) < 4.78 is 5.62. The molecule has 1 heteroatoms. The van der Waals surface area contributed by atoms with E-state index in [1.165, 1.54) is 5.56 Å². The van der Waals surface area contributed by atoms with E-state index in [4.69, 9.17) is 4.74 Å². The summed E-state index contributed by atoms with van der Waals surface area (Å²) in [5.74, 6) is 1.66. The Morgan fingerprint density at radius 2 is 1.93 bits per heavy atom. The van der Waals surface area contributed by atoms with Crippen LogP contribution in [0.1, 0.15) is 25.8 Å². The molecule has 0 aliphatic rings. The topological polar surface area (TPSA) is 9.23 Å². The quantitative estimate of drug-likeness (QED) is 0.640. The molecule has 0 N–H and O–H groups in total. The molecule has 0 radical (unpaired) electrons. The van der Waals surface area contributed by atoms with Gasteiger partial charge in [0.05, 0.1) is 6.61 Å². The molecular weight excluding hydrogens is 184 g/mol. The number of hydrogen-bond donors (Lipinski definition) is 0. The van der Waals surface area contributed by atoms with Crippen LogP contribution < -0.4 is 4.74 Å². The third-order valence-electron chi connectivity index (χ3n) is 2.27. The molecule has 0 amide bonds. The minimum Gasteiger partial charge on any atom is -0.494 e. The van der Waals surface area contributed by atoms with Gasteiger partial charge in [0.15, 0.2) is 0 Å². The third-order valence-corrected chi connectivity index (χ3v) is 2.27. The first-order valence-corrected chi connectivity index (χ1v) is 5.55. The number of allylic oxidation sites excluding steroid dienone is 1. The van der Waals surface area contributed by atoms with Crippen LogP contribution in [0.15, 0.2) is 36.9 Å². The monoisotopic (exact) mass is 204 g/mol. The lowest BCUT2D eigenvalue weighted by atomic mass is 10.1. The van der Waals surface area contributed by atoms with Crippen molar-refractivity contribution in [1.29, 1.82) is 0 Å². The Balaban J connectivity index is 2.39. The lowest BCUT2D eigenvalue weighted by Crippen LogP contribution is -2.01. The van der Waals surface area contributed by atoms with Gasteiger partial charge in [-0.15, -0.1) is 6.58 Å². The number of ether oxygens (including phenoxy) is 1. The SMILES string of the molecule is C=CCc1ccc(OCCC(C)C)cc1. The fourth-order valence-electron chi connectivity index (χ4n) is 1.30. The Kier molecular flexibility index (Phi) is 4.96. The molecule has 0 aliphatic heterocycles. The smallest absolute Gasteiger partial charge is 0.119 e. The van der Waals surface area contributed by atoms with Crippen LogP contribution in [0.4, 0.5) is 0 Å². The van der Waals surface area contributed by atoms with Crippen LogP contribution >= 0.6 is 0 Å². The molecule has 1 aromatic carbocycles. The van der Waals surface area contributed by atoms with Gasteiger partial charge >= 0.3 is 0 Å². The highest BCUT2D eigenvalue weighted by molar-refractivity contribution is 5.28. The number of rotatable bonds is 6. The van der Waals surface area contributed by atoms with Crippen LogP contribution in [0, 0.1) is 5.92 Å². The highest BCUT2D eigenvalue weighted by atomic mass is 16.5. The van der Waals surface area contributed by atoms with E-state index < -0.39 is 0 Å². The lowest BCUT2D eigenvalue weighted by molar-refractivity contribution is 0.289. The molecule has 0 atom stereocenters. The van der Waals surface area contributed by atoms with Gasteiger partial charge in [-0.2, -0.15) is 0 Å². The zero-order valence-corrected chi connectivity index (χ0v) is 9.70. The maximum absolute atomic E-state index is 5.62. The predicted octanol–water partition coefficient (Wildman–Crippen LogP) is 3.84. The Bertz CT molecular complexity index is 285. The molecule has 0 aliphatic carbocycles. The van der Waals surface area contributed by atoms with E-state index in [1.54, 1.807) is 0 Å². The van der Waals surface area contributed by atoms with Gasteiger partial charge in [0.1, 0.15) is 5.75 Å². The molecule has 0 saturated carbocycles. The van der Waals surface area contributed by atoms with Crippen molar-refractivity contribution in [2.45, 2.75) is 26.7 Å². The molecule has 82 valence electrons. The van der Waals surface area contributed by atoms with Crippen molar-refractivity contribution >= 4 is 0 Å². The van der Waals surface area contributed by atoms with Gasteiger partial charge in [0, 0.05) is 0 Å². The highest BCUT2D eigenvalue weighted by Gasteiger charge is 1.96. The summed E-state index contributed by atoms with van der Waals surface area (Å²) in [6, 6.07) is 8.23. The van der Waals surface area contributed by atoms with Crippen molar-refractivity contribution in [3.63, 3.8) is 0 Å². The molecular formula is C14H20O. The molecule has 0 heterocycles. The molecule has 0 spiro atoms. The van der Waals surface area contributed by atoms with Crippen molar-refractivity contribution in [3.05, 3.63) is 42.5 Å². The van der Waals surface area contributed by atoms with Crippen LogP contribution in [0.3, 0.4) is 0 Å². The number of hydrogen-bond acceptors (Lipinski definition) is 1. The van der Waals surface area contributed by atoms with Crippen LogP contribution in [0.5, 0.6) is 5.75 Å². The number of benzene rings is 1. The molecule has 1 nitrogen and oxygen atoms in total. The van der Waals surface area contributed by atoms with Crippen molar-refractivity contribution in [1.82, 2.24) is 0 Å². The summed E-state index contributed by atoms with van der Waals surface area (Å²) in [5.41, 5.74) is 1.28. The van der Waals surface area contributed by atoms with Crippen LogP contribution in [-0.2, 0) is 6.42 Å². The molecule has 0 fully saturated rings. The van der Waals surface area contributed by atoms with E-state index in [2.05, 4.69) is 32.6 Å². The van der Waals surface area contributed by atoms with E-state index in [1.807, 2.05) is 18.2 Å². The van der Waals surface area contributed by atoms with Crippen molar-refractivity contribution in [2.75, 3.05) is 6.61 Å². The molecule has 0 saturated heterocycles. The largest absolute Gasteiger partial charge is 0.494 e. The third kappa shape index (κ3) is 4.68. The van der Waals surface area contributed by atoms with Crippen molar-refractivity contribution < 1.29 is 4.74 Å². The van der Waals surface area contributed by atoms with Crippen molar-refractivity contribution in [3.8, 4) is 5.75 Å². The Labute approximate surface area is 92.8 Å². The fraction of sp³-hybridized carbons (Fsp3) is 0.429. The molecule has 15 heavy (non-hydrogen) atoms. The predicted molar refractivity (Wildman–Crippen MR) is 65.3 cm³/mol. The summed E-state index contributed by atoms with van der Waals surface area (Å²) in [5, 5.41) is 0. The maximum Gasteiger partial charge on any atom is 0.119 e. The van der Waals surface area contributed by atoms with E-state index in [9.17, 15) is 0 Å². The highest BCUT2D eigenvalue weighted by Crippen LogP contribution is 2.13. The first kappa shape index (κ1) is 11.8. The second kappa shape index (κ2) is 6.28. The van der Waals surface area contributed by atoms with Crippen LogP contribution in [0.2, 0.25) is 0 Å². The normalized spacial score (nSPS) is 10.3. The average Bonchev–Trinajstić information content (AvgIpc) is 2.20. The molecule has 0 aromatic heterocycles. The Morgan fingerprint density at radius 3 is 2.47 bits per heavy atom. The summed E-state index contributed by atoms with van der Waals surface area (Å²) >= 11 is 0. The zero-order chi connectivity index (χ0) is 11.1. The van der Waals surface area contributed by atoms with Gasteiger partial charge in [-0.25, -0.2) is 0 Å². The minimum absolute atomic E-state index is 0.699. The van der Waals surface area contributed by atoms with E-state index in [0.29, 0.717) is 5.92 Å². The second-order valence-corrected chi connectivity index (χ2v) is 4.17. The Hall–Kier alpha value is -1.24. The molecule has 0 bridgehead atoms. The van der Waals surface area contributed by atoms with Gasteiger partial charge in [0.2, 0.25) is 0 Å². The summed E-state index contributed by atoms with van der Waals surface area (Å²) in [6.45, 7) is 8.93. The lowest BCUT2D eigenvalue weighted by Gasteiger charge is -2.08. The molecule has 1 rings (SSSR count). The van der Waals surface area contributed by atoms with Gasteiger partial charge in [-0.1, -0.05) is 32.1 Å². The second-order valence-electron chi connectivity index (χ2n) is 4.17. The average molecular weight is 204 g/mol. The standard InChI is InChI=1S/C14H20O/c1-4-5-13-6-8-14(9-7-13)15-11-10-12(2)3/h4,6-9,12H,1,5,10-11H2,2-3H3. The van der Waals surface area contributed by atoms with Gasteiger partial charge in [-0.05, 0) is 36.5 Å². The first-order valence-electron chi connectivity index (χ1n) is 5.55. The molecule has 0 unspecified atom stereocenters. The summed E-state index contributed by atoms with van der Waals surface area (Å²) in [7, 11) is 0. The van der Waals surface area contributed by atoms with Gasteiger partial charge in [-0.3, -0.25) is 0 Å². The van der Waals surface area contributed by atoms with Crippen LogP contribution in [0.25, 0.3) is 0 Å². The molecule has 1 aromatic rings. The zero-order valence-electron chi connectivity index (χ0n) is 9.70. The maximum atomic E-state index is 5.62. The van der Waals surface area contributed by atoms with Gasteiger partial charge in [0.25, 0.3) is 0 Å². The fourth-order valence-corrected chi connectivity index (χ4v) is 1.30. The van der Waals surface area contributed by atoms with Gasteiger partial charge < -0.3 is 4.74 Å². The van der Waals surface area contributed by atoms with Crippen molar-refractivity contribution in [2.24, 2.45) is 5.92 Å². The summed E-state index contributed by atoms with van der Waals surface area (Å²) in [6.07, 6.45) is 3.94. The minimum atomic E-state index is 0.699. The Morgan fingerprint density at radius 1 is 1.27 bits per heavy atom.